The van der Waals surface area contributed by atoms with E-state index in [4.69, 9.17) is 24.7 Å². The fourth-order valence-electron chi connectivity index (χ4n) is 5.41. The maximum absolute atomic E-state index is 13.4. The molecule has 1 heterocycles. The zero-order valence-corrected chi connectivity index (χ0v) is 35.2. The van der Waals surface area contributed by atoms with Crippen LogP contribution in [-0.4, -0.2) is 123 Å². The molecule has 0 saturated heterocycles. The topological polar surface area (TPSA) is 275 Å². The molecule has 0 unspecified atom stereocenters. The van der Waals surface area contributed by atoms with Crippen LogP contribution >= 0.6 is 0 Å². The van der Waals surface area contributed by atoms with Gasteiger partial charge in [0.05, 0.1) is 26.4 Å². The van der Waals surface area contributed by atoms with Crippen LogP contribution in [0.3, 0.4) is 0 Å². The molecule has 0 aliphatic carbocycles. The van der Waals surface area contributed by atoms with Crippen molar-refractivity contribution in [3.05, 3.63) is 42.0 Å². The Morgan fingerprint density at radius 2 is 1.35 bits per heavy atom. The van der Waals surface area contributed by atoms with E-state index in [-0.39, 0.29) is 75.9 Å². The molecule has 20 nitrogen and oxygen atoms in total. The lowest BCUT2D eigenvalue weighted by Crippen LogP contribution is -2.54. The van der Waals surface area contributed by atoms with E-state index in [2.05, 4.69) is 31.9 Å². The number of rotatable bonds is 27. The molecule has 0 radical (unpaired) electrons. The zero-order chi connectivity index (χ0) is 44.5. The van der Waals surface area contributed by atoms with Crippen molar-refractivity contribution >= 4 is 53.4 Å². The van der Waals surface area contributed by atoms with Gasteiger partial charge < -0.3 is 56.6 Å². The Kier molecular flexibility index (Phi) is 22.7. The molecule has 1 aliphatic heterocycles. The molecule has 0 saturated carbocycles. The number of nitrogens with one attached hydrogen (secondary N) is 6. The minimum Gasteiger partial charge on any atom is -0.445 e. The third-order valence-electron chi connectivity index (χ3n) is 8.45. The largest absolute Gasteiger partial charge is 0.445 e. The smallest absolute Gasteiger partial charge is 0.407 e. The predicted octanol–water partition coefficient (Wildman–Crippen LogP) is 1.97. The van der Waals surface area contributed by atoms with Crippen molar-refractivity contribution in [2.24, 2.45) is 11.7 Å². The average molecular weight is 847 g/mol. The maximum atomic E-state index is 13.4. The highest BCUT2D eigenvalue weighted by molar-refractivity contribution is 6.12. The number of unbranched alkanes of at least 4 members (excludes halogenated alkanes) is 2. The Balaban J connectivity index is 1.76. The highest BCUT2D eigenvalue weighted by Crippen LogP contribution is 2.14. The first kappa shape index (κ1) is 50.4. The molecule has 1 aromatic carbocycles. The Hall–Kier alpha value is -5.76. The van der Waals surface area contributed by atoms with Crippen LogP contribution in [0.1, 0.15) is 78.7 Å². The summed E-state index contributed by atoms with van der Waals surface area (Å²) in [7, 11) is 0. The molecule has 60 heavy (non-hydrogen) atoms. The fourth-order valence-corrected chi connectivity index (χ4v) is 5.41. The summed E-state index contributed by atoms with van der Waals surface area (Å²) in [5.41, 5.74) is 5.64. The molecule has 20 heteroatoms. The maximum Gasteiger partial charge on any atom is 0.407 e. The van der Waals surface area contributed by atoms with Gasteiger partial charge in [0.1, 0.15) is 24.3 Å². The molecule has 9 amide bonds. The van der Waals surface area contributed by atoms with Gasteiger partial charge in [-0.15, -0.1) is 0 Å². The van der Waals surface area contributed by atoms with Gasteiger partial charge in [0.15, 0.2) is 0 Å². The fraction of sp³-hybridized carbons (Fsp3) is 0.600. The van der Waals surface area contributed by atoms with Crippen molar-refractivity contribution in [3.63, 3.8) is 0 Å². The van der Waals surface area contributed by atoms with E-state index >= 15 is 0 Å². The van der Waals surface area contributed by atoms with E-state index in [1.54, 1.807) is 58.9 Å². The van der Waals surface area contributed by atoms with Gasteiger partial charge in [-0.1, -0.05) is 32.4 Å². The predicted molar refractivity (Wildman–Crippen MR) is 219 cm³/mol. The van der Waals surface area contributed by atoms with Crippen LogP contribution in [0.25, 0.3) is 0 Å². The summed E-state index contributed by atoms with van der Waals surface area (Å²) in [6.45, 7) is 10.8. The first-order chi connectivity index (χ1) is 28.4. The number of urea groups is 1. The number of alkyl carbamates (subject to hydrolysis) is 2. The first-order valence-electron chi connectivity index (χ1n) is 20.0. The van der Waals surface area contributed by atoms with E-state index < -0.39 is 47.7 Å². The Morgan fingerprint density at radius 3 is 1.93 bits per heavy atom. The Morgan fingerprint density at radius 1 is 0.733 bits per heavy atom. The molecule has 0 aromatic heterocycles. The molecule has 0 spiro atoms. The van der Waals surface area contributed by atoms with Gasteiger partial charge in [0.25, 0.3) is 11.8 Å². The minimum absolute atomic E-state index is 0.0434. The summed E-state index contributed by atoms with van der Waals surface area (Å²) in [5, 5.41) is 15.9. The molecule has 1 aliphatic rings. The number of amides is 9. The minimum atomic E-state index is -1.04. The van der Waals surface area contributed by atoms with Gasteiger partial charge in [-0.2, -0.15) is 0 Å². The van der Waals surface area contributed by atoms with Crippen molar-refractivity contribution < 1.29 is 57.3 Å². The van der Waals surface area contributed by atoms with E-state index in [0.29, 0.717) is 56.7 Å². The van der Waals surface area contributed by atoms with E-state index in [1.165, 1.54) is 12.2 Å². The molecule has 1 aromatic rings. The van der Waals surface area contributed by atoms with Crippen molar-refractivity contribution in [1.29, 1.82) is 0 Å². The highest BCUT2D eigenvalue weighted by Gasteiger charge is 2.29. The van der Waals surface area contributed by atoms with Gasteiger partial charge in [0, 0.05) is 50.4 Å². The van der Waals surface area contributed by atoms with Gasteiger partial charge >= 0.3 is 18.2 Å². The number of nitrogens with two attached hydrogens (primary N) is 1. The van der Waals surface area contributed by atoms with Crippen molar-refractivity contribution in [2.75, 3.05) is 57.9 Å². The summed E-state index contributed by atoms with van der Waals surface area (Å²) in [4.78, 5) is 99.1. The van der Waals surface area contributed by atoms with E-state index in [0.717, 1.165) is 4.90 Å². The lowest BCUT2D eigenvalue weighted by atomic mass is 10.0. The number of imide groups is 1. The van der Waals surface area contributed by atoms with Crippen LogP contribution in [0.5, 0.6) is 0 Å². The van der Waals surface area contributed by atoms with Gasteiger partial charge in [-0.3, -0.25) is 28.9 Å². The number of nitrogens with zero attached hydrogens (tertiary/aromatic N) is 1. The second-order valence-corrected chi connectivity index (χ2v) is 15.1. The number of primary amides is 1. The Bertz CT molecular complexity index is 1600. The first-order valence-corrected chi connectivity index (χ1v) is 20.0. The second-order valence-electron chi connectivity index (χ2n) is 15.1. The van der Waals surface area contributed by atoms with Crippen LogP contribution in [0.2, 0.25) is 0 Å². The SMILES string of the molecule is CC(C)[C@H](NC(=O)CCCCCN1C(=O)C=CC1=O)C(=O)N[C@@H](CCCNC(N)=O)C(=O)Nc1ccc(COC(=O)NCCOCCOCCNC(=O)OC(C)(C)C)cc1. The number of carbonyl (C=O) groups excluding carboxylic acids is 8. The van der Waals surface area contributed by atoms with Crippen molar-refractivity contribution in [2.45, 2.75) is 97.4 Å². The molecule has 0 fully saturated rings. The number of anilines is 1. The summed E-state index contributed by atoms with van der Waals surface area (Å²) in [6, 6.07) is 3.83. The average Bonchev–Trinajstić information content (AvgIpc) is 3.49. The van der Waals surface area contributed by atoms with Gasteiger partial charge in [-0.25, -0.2) is 14.4 Å². The summed E-state index contributed by atoms with van der Waals surface area (Å²) in [5.74, 6) is -2.49. The van der Waals surface area contributed by atoms with Crippen LogP contribution in [0.15, 0.2) is 36.4 Å². The molecular formula is C40H62N8O12. The summed E-state index contributed by atoms with van der Waals surface area (Å²) < 4.78 is 21.2. The molecular weight excluding hydrogens is 784 g/mol. The van der Waals surface area contributed by atoms with E-state index in [9.17, 15) is 38.4 Å². The number of carbonyl (C=O) groups is 8. The monoisotopic (exact) mass is 846 g/mol. The van der Waals surface area contributed by atoms with Crippen molar-refractivity contribution in [3.8, 4) is 0 Å². The number of hydrogen-bond donors (Lipinski definition) is 7. The number of ether oxygens (including phenoxy) is 4. The van der Waals surface area contributed by atoms with Crippen LogP contribution in [0.4, 0.5) is 20.1 Å². The lowest BCUT2D eigenvalue weighted by molar-refractivity contribution is -0.137. The van der Waals surface area contributed by atoms with Crippen LogP contribution < -0.4 is 37.6 Å². The van der Waals surface area contributed by atoms with Crippen molar-refractivity contribution in [1.82, 2.24) is 31.5 Å². The second kappa shape index (κ2) is 27.1. The molecule has 8 N–H and O–H groups in total. The normalized spacial score (nSPS) is 13.3. The molecule has 334 valence electrons. The third kappa shape index (κ3) is 21.8. The van der Waals surface area contributed by atoms with E-state index in [1.807, 2.05) is 0 Å². The highest BCUT2D eigenvalue weighted by atomic mass is 16.6. The molecule has 2 atom stereocenters. The number of hydrogen-bond acceptors (Lipinski definition) is 12. The number of benzene rings is 1. The Labute approximate surface area is 350 Å². The zero-order valence-electron chi connectivity index (χ0n) is 35.2. The molecule has 0 bridgehead atoms. The van der Waals surface area contributed by atoms with Crippen LogP contribution in [-0.2, 0) is 49.5 Å². The lowest BCUT2D eigenvalue weighted by Gasteiger charge is -2.25. The summed E-state index contributed by atoms with van der Waals surface area (Å²) in [6.07, 6.45) is 3.45. The summed E-state index contributed by atoms with van der Waals surface area (Å²) >= 11 is 0. The third-order valence-corrected chi connectivity index (χ3v) is 8.45. The standard InChI is InChI=1S/C40H62N8O12/c1-27(2)34(47-31(49)11-7-6-8-21-48-32(50)16-17-33(48)51)36(53)46-30(10-9-18-42-37(41)54)35(52)45-29-14-12-28(13-15-29)26-59-38(55)43-19-22-57-24-25-58-23-20-44-39(56)60-40(3,4)5/h12-17,27,30,34H,6-11,18-26H2,1-5H3,(H,43,55)(H,44,56)(H,45,52)(H,46,53)(H,47,49)(H3,41,42,54)/t30-,34-/m0/s1. The molecule has 2 rings (SSSR count). The quantitative estimate of drug-likeness (QED) is 0.0495. The van der Waals surface area contributed by atoms with Crippen LogP contribution in [0, 0.1) is 5.92 Å². The van der Waals surface area contributed by atoms with Gasteiger partial charge in [0.2, 0.25) is 17.7 Å². The van der Waals surface area contributed by atoms with Gasteiger partial charge in [-0.05, 0) is 70.1 Å².